The second-order valence-electron chi connectivity index (χ2n) is 14.8. The van der Waals surface area contributed by atoms with E-state index in [-0.39, 0.29) is 5.41 Å². The Morgan fingerprint density at radius 3 is 2.12 bits per heavy atom. The third-order valence-electron chi connectivity index (χ3n) is 13.4. The van der Waals surface area contributed by atoms with E-state index in [4.69, 9.17) is 4.74 Å². The lowest BCUT2D eigenvalue weighted by Crippen LogP contribution is -2.59. The van der Waals surface area contributed by atoms with Crippen molar-refractivity contribution in [2.45, 2.75) is 126 Å². The summed E-state index contributed by atoms with van der Waals surface area (Å²) in [5, 5.41) is 0. The molecule has 0 bridgehead atoms. The molecule has 0 aliphatic heterocycles. The van der Waals surface area contributed by atoms with Crippen molar-refractivity contribution in [1.82, 2.24) is 0 Å². The molecule has 0 spiro atoms. The van der Waals surface area contributed by atoms with Gasteiger partial charge in [0.05, 0.1) is 6.10 Å². The van der Waals surface area contributed by atoms with E-state index in [0.717, 1.165) is 23.7 Å². The normalized spacial score (nSPS) is 52.3. The van der Waals surface area contributed by atoms with Gasteiger partial charge in [0.2, 0.25) is 0 Å². The van der Waals surface area contributed by atoms with Crippen molar-refractivity contribution in [3.8, 4) is 0 Å². The molecule has 8 atom stereocenters. The van der Waals surface area contributed by atoms with E-state index >= 15 is 0 Å². The maximum absolute atomic E-state index is 6.03. The second kappa shape index (κ2) is 7.11. The van der Waals surface area contributed by atoms with Gasteiger partial charge in [-0.25, -0.2) is 0 Å². The Hall–Kier alpha value is -0.300. The number of ether oxygens (including phenoxy) is 1. The highest BCUT2D eigenvalue weighted by molar-refractivity contribution is 5.39. The minimum atomic E-state index is 0.281. The molecule has 0 radical (unpaired) electrons. The van der Waals surface area contributed by atoms with Crippen LogP contribution in [-0.4, -0.2) is 13.2 Å². The quantitative estimate of drug-likeness (QED) is 0.390. The lowest BCUT2D eigenvalue weighted by Gasteiger charge is -2.67. The van der Waals surface area contributed by atoms with E-state index < -0.39 is 0 Å². The fourth-order valence-electron chi connectivity index (χ4n) is 11.6. The maximum Gasteiger partial charge on any atom is 0.0625 e. The van der Waals surface area contributed by atoms with Gasteiger partial charge in [0.25, 0.3) is 0 Å². The lowest BCUT2D eigenvalue weighted by atomic mass is 9.37. The number of fused-ring (bicyclic) bond motifs is 6. The molecule has 5 rings (SSSR count). The highest BCUT2D eigenvalue weighted by atomic mass is 16.5. The number of hydrogen-bond acceptors (Lipinski definition) is 1. The summed E-state index contributed by atoms with van der Waals surface area (Å²) < 4.78 is 6.03. The van der Waals surface area contributed by atoms with Gasteiger partial charge in [0, 0.05) is 7.11 Å². The van der Waals surface area contributed by atoms with Crippen LogP contribution in [0.3, 0.4) is 0 Å². The van der Waals surface area contributed by atoms with Crippen molar-refractivity contribution in [2.75, 3.05) is 7.11 Å². The Bertz CT molecular complexity index is 805. The van der Waals surface area contributed by atoms with E-state index in [1.54, 1.807) is 0 Å². The maximum atomic E-state index is 6.03. The molecular weight excluding hydrogens is 388 g/mol. The summed E-state index contributed by atoms with van der Waals surface area (Å²) in [6.45, 7) is 20.9. The van der Waals surface area contributed by atoms with E-state index in [2.05, 4.69) is 55.4 Å². The zero-order valence-electron chi connectivity index (χ0n) is 22.9. The minimum absolute atomic E-state index is 0.281. The molecule has 32 heavy (non-hydrogen) atoms. The monoisotopic (exact) mass is 440 g/mol. The Morgan fingerprint density at radius 2 is 1.47 bits per heavy atom. The summed E-state index contributed by atoms with van der Waals surface area (Å²) in [6, 6.07) is 0. The van der Waals surface area contributed by atoms with Crippen LogP contribution >= 0.6 is 0 Å². The first-order chi connectivity index (χ1) is 14.9. The van der Waals surface area contributed by atoms with Crippen molar-refractivity contribution >= 4 is 0 Å². The van der Waals surface area contributed by atoms with E-state index in [0.29, 0.717) is 27.8 Å². The van der Waals surface area contributed by atoms with Gasteiger partial charge in [0.1, 0.15) is 0 Å². The van der Waals surface area contributed by atoms with Gasteiger partial charge in [0.15, 0.2) is 0 Å². The minimum Gasteiger partial charge on any atom is -0.381 e. The molecule has 3 fully saturated rings. The van der Waals surface area contributed by atoms with Gasteiger partial charge in [-0.15, -0.1) is 0 Å². The summed E-state index contributed by atoms with van der Waals surface area (Å²) in [4.78, 5) is 0. The van der Waals surface area contributed by atoms with Crippen molar-refractivity contribution in [3.63, 3.8) is 0 Å². The van der Waals surface area contributed by atoms with Gasteiger partial charge >= 0.3 is 0 Å². The van der Waals surface area contributed by atoms with E-state index in [1.165, 1.54) is 64.2 Å². The van der Waals surface area contributed by atoms with Crippen LogP contribution in [0.2, 0.25) is 0 Å². The third kappa shape index (κ3) is 2.67. The smallest absolute Gasteiger partial charge is 0.0625 e. The summed E-state index contributed by atoms with van der Waals surface area (Å²) in [6.07, 6.45) is 14.4. The first kappa shape index (κ1) is 23.4. The molecule has 5 aliphatic rings. The Labute approximate surface area is 199 Å². The standard InChI is InChI=1S/C31H52O/c1-20(2)21-10-13-25-29(21,6)18-19-30(7)23-11-12-24-27(3,4)26(32-9)15-16-28(24,5)22(23)14-17-31(25,30)8/h20-21,24-26H,10-19H2,1-9H3/t21-,24+,25-,26+,28-,29-,30-,31+/m1/s1. The molecule has 0 unspecified atom stereocenters. The van der Waals surface area contributed by atoms with E-state index in [1.807, 2.05) is 18.3 Å². The van der Waals surface area contributed by atoms with Crippen LogP contribution in [0.4, 0.5) is 0 Å². The predicted octanol–water partition coefficient (Wildman–Crippen LogP) is 8.82. The molecule has 5 aliphatic carbocycles. The molecule has 1 heteroatoms. The number of rotatable bonds is 2. The first-order valence-electron chi connectivity index (χ1n) is 14.1. The molecule has 0 saturated heterocycles. The molecule has 0 aromatic carbocycles. The van der Waals surface area contributed by atoms with Gasteiger partial charge in [-0.2, -0.15) is 0 Å². The van der Waals surface area contributed by atoms with Crippen molar-refractivity contribution < 1.29 is 4.74 Å². The third-order valence-corrected chi connectivity index (χ3v) is 13.4. The summed E-state index contributed by atoms with van der Waals surface area (Å²) in [5.41, 5.74) is 6.04. The highest BCUT2D eigenvalue weighted by Gasteiger charge is 2.67. The van der Waals surface area contributed by atoms with Gasteiger partial charge in [-0.1, -0.05) is 66.5 Å². The molecule has 0 aromatic rings. The molecule has 1 nitrogen and oxygen atoms in total. The Balaban J connectivity index is 1.56. The van der Waals surface area contributed by atoms with Crippen LogP contribution in [0, 0.1) is 50.7 Å². The van der Waals surface area contributed by atoms with Crippen molar-refractivity contribution in [2.24, 2.45) is 50.7 Å². The van der Waals surface area contributed by atoms with Crippen LogP contribution in [0.1, 0.15) is 120 Å². The Morgan fingerprint density at radius 1 is 0.750 bits per heavy atom. The average molecular weight is 441 g/mol. The molecule has 0 aromatic heterocycles. The largest absolute Gasteiger partial charge is 0.381 e. The van der Waals surface area contributed by atoms with E-state index in [9.17, 15) is 0 Å². The van der Waals surface area contributed by atoms with Crippen molar-refractivity contribution in [1.29, 1.82) is 0 Å². The molecule has 0 heterocycles. The van der Waals surface area contributed by atoms with Crippen LogP contribution in [0.5, 0.6) is 0 Å². The van der Waals surface area contributed by atoms with Crippen LogP contribution in [0.25, 0.3) is 0 Å². The fourth-order valence-corrected chi connectivity index (χ4v) is 11.6. The molecular formula is C31H52O. The van der Waals surface area contributed by atoms with Crippen molar-refractivity contribution in [3.05, 3.63) is 11.1 Å². The van der Waals surface area contributed by atoms with Crippen LogP contribution < -0.4 is 0 Å². The second-order valence-corrected chi connectivity index (χ2v) is 14.8. The van der Waals surface area contributed by atoms with Gasteiger partial charge < -0.3 is 4.74 Å². The number of hydrogen-bond donors (Lipinski definition) is 0. The first-order valence-corrected chi connectivity index (χ1v) is 14.1. The Kier molecular flexibility index (Phi) is 5.21. The number of allylic oxidation sites excluding steroid dienone is 2. The zero-order valence-corrected chi connectivity index (χ0v) is 22.9. The topological polar surface area (TPSA) is 9.23 Å². The molecule has 182 valence electrons. The highest BCUT2D eigenvalue weighted by Crippen LogP contribution is 2.75. The van der Waals surface area contributed by atoms with Crippen LogP contribution in [-0.2, 0) is 4.74 Å². The molecule has 3 saturated carbocycles. The average Bonchev–Trinajstić information content (AvgIpc) is 3.08. The van der Waals surface area contributed by atoms with Gasteiger partial charge in [-0.3, -0.25) is 0 Å². The summed E-state index contributed by atoms with van der Waals surface area (Å²) in [7, 11) is 1.95. The number of methoxy groups -OCH3 is 1. The predicted molar refractivity (Wildman–Crippen MR) is 136 cm³/mol. The van der Waals surface area contributed by atoms with Crippen LogP contribution in [0.15, 0.2) is 11.1 Å². The molecule has 0 amide bonds. The SMILES string of the molecule is CO[C@H]1CC[C@]2(C)C3=C(CC[C@H]2C1(C)C)[C@@]1(C)CC[C@]2(C)[C@@H](C(C)C)CC[C@H]2[C@]1(C)CC3. The lowest BCUT2D eigenvalue weighted by molar-refractivity contribution is -0.132. The summed E-state index contributed by atoms with van der Waals surface area (Å²) in [5.74, 6) is 3.46. The fraction of sp³-hybridized carbons (Fsp3) is 0.935. The van der Waals surface area contributed by atoms with Gasteiger partial charge in [-0.05, 0) is 115 Å². The summed E-state index contributed by atoms with van der Waals surface area (Å²) >= 11 is 0. The molecule has 0 N–H and O–H groups in total. The zero-order chi connectivity index (χ0) is 23.3.